The molecule has 0 heterocycles. The summed E-state index contributed by atoms with van der Waals surface area (Å²) < 4.78 is 40.9. The topological polar surface area (TPSA) is 87.3 Å². The Kier molecular flexibility index (Phi) is 8.37. The van der Waals surface area contributed by atoms with E-state index in [1.54, 1.807) is 0 Å². The van der Waals surface area contributed by atoms with Gasteiger partial charge in [-0.1, -0.05) is 36.2 Å². The van der Waals surface area contributed by atoms with E-state index >= 15 is 0 Å². The van der Waals surface area contributed by atoms with E-state index in [2.05, 4.69) is 16.0 Å². The van der Waals surface area contributed by atoms with Gasteiger partial charge in [0.05, 0.1) is 27.2 Å². The molecule has 3 amide bonds. The Hall–Kier alpha value is -2.98. The molecule has 1 saturated carbocycles. The summed E-state index contributed by atoms with van der Waals surface area (Å²) in [5.74, 6) is -6.51. The number of carbonyl (C=O) groups excluding carboxylic acids is 3. The minimum atomic E-state index is -1.48. The lowest BCUT2D eigenvalue weighted by molar-refractivity contribution is -0.117. The first-order chi connectivity index (χ1) is 18.3. The summed E-state index contributed by atoms with van der Waals surface area (Å²) in [5.41, 5.74) is -0.640. The standard InChI is InChI=1S/C26H18Cl4F3N3O3/c1-2-19(37)36-23-17(32)7-8-18(22(23)33)35-24(38)13-10-12(4-5-14(13)27)34-25(39)21-20(26(21,29)30)11-3-6-16(31)15(28)9-11/h3-10,20-21H,2H2,1H3,(H,34,39)(H,35,38)(H,36,37)/t20?,21-/m1/s1. The highest BCUT2D eigenvalue weighted by atomic mass is 35.5. The fourth-order valence-electron chi connectivity index (χ4n) is 3.95. The molecule has 1 unspecified atom stereocenters. The van der Waals surface area contributed by atoms with E-state index in [0.717, 1.165) is 18.2 Å². The highest BCUT2D eigenvalue weighted by Gasteiger charge is 2.67. The van der Waals surface area contributed by atoms with Crippen LogP contribution < -0.4 is 16.0 Å². The van der Waals surface area contributed by atoms with Crippen molar-refractivity contribution >= 4 is 81.2 Å². The van der Waals surface area contributed by atoms with E-state index < -0.39 is 62.7 Å². The summed E-state index contributed by atoms with van der Waals surface area (Å²) in [4.78, 5) is 37.5. The Morgan fingerprint density at radius 3 is 2.23 bits per heavy atom. The molecule has 13 heteroatoms. The molecule has 1 fully saturated rings. The molecule has 3 aromatic carbocycles. The number of hydrogen-bond acceptors (Lipinski definition) is 3. The summed E-state index contributed by atoms with van der Waals surface area (Å²) in [6, 6.07) is 9.77. The number of carbonyl (C=O) groups is 3. The van der Waals surface area contributed by atoms with Crippen molar-refractivity contribution in [2.24, 2.45) is 5.92 Å². The van der Waals surface area contributed by atoms with Crippen LogP contribution >= 0.6 is 46.4 Å². The lowest BCUT2D eigenvalue weighted by Crippen LogP contribution is -2.19. The molecule has 2 atom stereocenters. The second-order valence-electron chi connectivity index (χ2n) is 8.63. The van der Waals surface area contributed by atoms with Gasteiger partial charge in [0.2, 0.25) is 11.8 Å². The largest absolute Gasteiger partial charge is 0.326 e. The summed E-state index contributed by atoms with van der Waals surface area (Å²) >= 11 is 24.7. The number of rotatable bonds is 7. The van der Waals surface area contributed by atoms with E-state index in [1.807, 2.05) is 0 Å². The van der Waals surface area contributed by atoms with Gasteiger partial charge in [0.1, 0.15) is 21.7 Å². The summed E-state index contributed by atoms with van der Waals surface area (Å²) in [6.07, 6.45) is -0.0165. The molecule has 39 heavy (non-hydrogen) atoms. The fourth-order valence-corrected chi connectivity index (χ4v) is 5.17. The van der Waals surface area contributed by atoms with Crippen LogP contribution in [0.15, 0.2) is 48.5 Å². The van der Waals surface area contributed by atoms with Crippen LogP contribution in [0.1, 0.15) is 35.2 Å². The molecule has 0 bridgehead atoms. The molecule has 4 rings (SSSR count). The third-order valence-electron chi connectivity index (χ3n) is 6.04. The zero-order valence-corrected chi connectivity index (χ0v) is 22.9. The normalized spacial score (nSPS) is 17.3. The highest BCUT2D eigenvalue weighted by molar-refractivity contribution is 6.53. The first kappa shape index (κ1) is 29.0. The average molecular weight is 619 g/mol. The Morgan fingerprint density at radius 1 is 0.872 bits per heavy atom. The van der Waals surface area contributed by atoms with Gasteiger partial charge in [-0.2, -0.15) is 0 Å². The van der Waals surface area contributed by atoms with Crippen LogP contribution in [0.3, 0.4) is 0 Å². The molecule has 0 radical (unpaired) electrons. The van der Waals surface area contributed by atoms with E-state index in [-0.39, 0.29) is 27.7 Å². The molecule has 6 nitrogen and oxygen atoms in total. The smallest absolute Gasteiger partial charge is 0.257 e. The predicted molar refractivity (Wildman–Crippen MR) is 145 cm³/mol. The van der Waals surface area contributed by atoms with E-state index in [9.17, 15) is 27.6 Å². The number of amides is 3. The summed E-state index contributed by atoms with van der Waals surface area (Å²) in [6.45, 7) is 1.51. The molecule has 0 aromatic heterocycles. The molecule has 0 saturated heterocycles. The Labute approximate surface area is 240 Å². The van der Waals surface area contributed by atoms with E-state index in [1.165, 1.54) is 37.3 Å². The molecule has 3 aromatic rings. The van der Waals surface area contributed by atoms with Crippen LogP contribution in [-0.2, 0) is 9.59 Å². The van der Waals surface area contributed by atoms with Crippen molar-refractivity contribution in [3.05, 3.63) is 87.2 Å². The van der Waals surface area contributed by atoms with Gasteiger partial charge in [-0.25, -0.2) is 13.2 Å². The van der Waals surface area contributed by atoms with Gasteiger partial charge in [-0.15, -0.1) is 23.2 Å². The second-order valence-corrected chi connectivity index (χ2v) is 10.9. The van der Waals surface area contributed by atoms with Crippen molar-refractivity contribution in [3.63, 3.8) is 0 Å². The summed E-state index contributed by atoms with van der Waals surface area (Å²) in [5, 5.41) is 6.82. The number of nitrogens with one attached hydrogen (secondary N) is 3. The minimum Gasteiger partial charge on any atom is -0.326 e. The number of halogens is 7. The lowest BCUT2D eigenvalue weighted by atomic mass is 10.1. The Balaban J connectivity index is 1.52. The highest BCUT2D eigenvalue weighted by Crippen LogP contribution is 2.65. The van der Waals surface area contributed by atoms with Crippen molar-refractivity contribution in [2.75, 3.05) is 16.0 Å². The van der Waals surface area contributed by atoms with Crippen LogP contribution in [-0.4, -0.2) is 22.1 Å². The number of hydrogen-bond donors (Lipinski definition) is 3. The zero-order chi connectivity index (χ0) is 28.6. The van der Waals surface area contributed by atoms with Gasteiger partial charge < -0.3 is 16.0 Å². The van der Waals surface area contributed by atoms with Crippen LogP contribution in [0.2, 0.25) is 10.0 Å². The van der Waals surface area contributed by atoms with Gasteiger partial charge in [0, 0.05) is 18.0 Å². The maximum atomic E-state index is 14.8. The van der Waals surface area contributed by atoms with Crippen molar-refractivity contribution in [2.45, 2.75) is 23.6 Å². The summed E-state index contributed by atoms with van der Waals surface area (Å²) in [7, 11) is 0. The number of benzene rings is 3. The SMILES string of the molecule is CCC(=O)Nc1c(F)ccc(NC(=O)c2cc(NC(=O)[C@H]3C(c4ccc(F)c(Cl)c4)C3(Cl)Cl)ccc2Cl)c1F. The maximum Gasteiger partial charge on any atom is 0.257 e. The second kappa shape index (κ2) is 11.3. The van der Waals surface area contributed by atoms with Gasteiger partial charge in [-0.3, -0.25) is 14.4 Å². The molecule has 1 aliphatic rings. The van der Waals surface area contributed by atoms with Crippen LogP contribution in [0.25, 0.3) is 0 Å². The molecular weight excluding hydrogens is 601 g/mol. The molecular formula is C26H18Cl4F3N3O3. The van der Waals surface area contributed by atoms with E-state index in [0.29, 0.717) is 5.56 Å². The molecule has 0 spiro atoms. The number of alkyl halides is 2. The lowest BCUT2D eigenvalue weighted by Gasteiger charge is -2.13. The van der Waals surface area contributed by atoms with Crippen LogP contribution in [0.4, 0.5) is 30.2 Å². The van der Waals surface area contributed by atoms with Crippen molar-refractivity contribution in [1.82, 2.24) is 0 Å². The molecule has 3 N–H and O–H groups in total. The zero-order valence-electron chi connectivity index (χ0n) is 19.9. The Bertz CT molecular complexity index is 1500. The van der Waals surface area contributed by atoms with E-state index in [4.69, 9.17) is 46.4 Å². The van der Waals surface area contributed by atoms with Crippen molar-refractivity contribution < 1.29 is 27.6 Å². The van der Waals surface area contributed by atoms with Gasteiger partial charge in [-0.05, 0) is 48.0 Å². The van der Waals surface area contributed by atoms with Crippen LogP contribution in [0, 0.1) is 23.4 Å². The monoisotopic (exact) mass is 617 g/mol. The maximum absolute atomic E-state index is 14.8. The molecule has 204 valence electrons. The third-order valence-corrected chi connectivity index (χ3v) is 7.60. The van der Waals surface area contributed by atoms with Gasteiger partial charge in [0.25, 0.3) is 5.91 Å². The predicted octanol–water partition coefficient (Wildman–Crippen LogP) is 7.54. The first-order valence-corrected chi connectivity index (χ1v) is 12.9. The third kappa shape index (κ3) is 5.96. The molecule has 0 aliphatic heterocycles. The van der Waals surface area contributed by atoms with Crippen molar-refractivity contribution in [1.29, 1.82) is 0 Å². The van der Waals surface area contributed by atoms with Gasteiger partial charge in [0.15, 0.2) is 5.82 Å². The van der Waals surface area contributed by atoms with Crippen LogP contribution in [0.5, 0.6) is 0 Å². The molecule has 1 aliphatic carbocycles. The minimum absolute atomic E-state index is 0.0165. The quantitative estimate of drug-likeness (QED) is 0.239. The fraction of sp³-hybridized carbons (Fsp3) is 0.192. The number of anilines is 3. The van der Waals surface area contributed by atoms with Gasteiger partial charge >= 0.3 is 0 Å². The first-order valence-electron chi connectivity index (χ1n) is 11.4. The average Bonchev–Trinajstić information content (AvgIpc) is 3.47. The Morgan fingerprint density at radius 2 is 1.56 bits per heavy atom. The van der Waals surface area contributed by atoms with Crippen molar-refractivity contribution in [3.8, 4) is 0 Å².